The van der Waals surface area contributed by atoms with E-state index in [0.29, 0.717) is 4.47 Å². The van der Waals surface area contributed by atoms with E-state index in [1.165, 1.54) is 6.07 Å². The van der Waals surface area contributed by atoms with Crippen LogP contribution in [0.3, 0.4) is 0 Å². The fraction of sp³-hybridized carbons (Fsp3) is 0.364. The summed E-state index contributed by atoms with van der Waals surface area (Å²) >= 11 is 3.05. The molecule has 0 saturated heterocycles. The molecule has 0 spiro atoms. The Kier molecular flexibility index (Phi) is 4.89. The van der Waals surface area contributed by atoms with Crippen LogP contribution in [0.5, 0.6) is 0 Å². The molecule has 1 unspecified atom stereocenters. The predicted octanol–water partition coefficient (Wildman–Crippen LogP) is 1.63. The summed E-state index contributed by atoms with van der Waals surface area (Å²) in [5, 5.41) is 11.5. The molecular weight excluding hydrogens is 277 g/mol. The van der Waals surface area contributed by atoms with Gasteiger partial charge in [0.05, 0.1) is 17.0 Å². The van der Waals surface area contributed by atoms with Crippen LogP contribution >= 0.6 is 15.9 Å². The van der Waals surface area contributed by atoms with Crippen molar-refractivity contribution < 1.29 is 14.3 Å². The molecule has 0 aliphatic heterocycles. The number of hydrogen-bond donors (Lipinski definition) is 2. The van der Waals surface area contributed by atoms with E-state index in [4.69, 9.17) is 5.11 Å². The number of hydrogen-bond acceptors (Lipinski definition) is 2. The van der Waals surface area contributed by atoms with Crippen molar-refractivity contribution in [3.05, 3.63) is 34.1 Å². The van der Waals surface area contributed by atoms with Gasteiger partial charge >= 0.3 is 0 Å². The highest BCUT2D eigenvalue weighted by molar-refractivity contribution is 9.10. The average Bonchev–Trinajstić information content (AvgIpc) is 2.21. The normalized spacial score (nSPS) is 12.2. The molecule has 2 N–H and O–H groups in total. The van der Waals surface area contributed by atoms with Crippen LogP contribution in [-0.4, -0.2) is 23.7 Å². The van der Waals surface area contributed by atoms with Crippen LogP contribution in [0.15, 0.2) is 22.7 Å². The molecule has 0 aliphatic carbocycles. The van der Waals surface area contributed by atoms with Crippen molar-refractivity contribution in [3.63, 3.8) is 0 Å². The van der Waals surface area contributed by atoms with Gasteiger partial charge in [0.25, 0.3) is 0 Å². The van der Waals surface area contributed by atoms with E-state index in [1.807, 2.05) is 0 Å². The Hall–Kier alpha value is -0.940. The van der Waals surface area contributed by atoms with Crippen LogP contribution in [0.25, 0.3) is 0 Å². The van der Waals surface area contributed by atoms with Crippen molar-refractivity contribution in [1.29, 1.82) is 0 Å². The Morgan fingerprint density at radius 3 is 2.88 bits per heavy atom. The Morgan fingerprint density at radius 2 is 2.31 bits per heavy atom. The van der Waals surface area contributed by atoms with Gasteiger partial charge in [0, 0.05) is 6.54 Å². The second-order valence-corrected chi connectivity index (χ2v) is 4.43. The van der Waals surface area contributed by atoms with Gasteiger partial charge in [0.1, 0.15) is 5.82 Å². The van der Waals surface area contributed by atoms with Crippen molar-refractivity contribution in [2.24, 2.45) is 0 Å². The van der Waals surface area contributed by atoms with Gasteiger partial charge in [-0.3, -0.25) is 4.79 Å². The number of aliphatic hydroxyl groups excluding tert-OH is 1. The summed E-state index contributed by atoms with van der Waals surface area (Å²) in [4.78, 5) is 11.4. The minimum atomic E-state index is -0.566. The molecule has 0 aliphatic rings. The van der Waals surface area contributed by atoms with Crippen molar-refractivity contribution in [3.8, 4) is 0 Å². The molecule has 5 heteroatoms. The largest absolute Gasteiger partial charge is 0.392 e. The number of carbonyl (C=O) groups is 1. The second kappa shape index (κ2) is 5.96. The second-order valence-electron chi connectivity index (χ2n) is 3.58. The minimum absolute atomic E-state index is 0.172. The van der Waals surface area contributed by atoms with E-state index in [0.717, 1.165) is 5.56 Å². The zero-order valence-corrected chi connectivity index (χ0v) is 10.4. The monoisotopic (exact) mass is 289 g/mol. The third-order valence-corrected chi connectivity index (χ3v) is 2.55. The van der Waals surface area contributed by atoms with Gasteiger partial charge in [-0.2, -0.15) is 0 Å². The maximum Gasteiger partial charge on any atom is 0.224 e. The molecule has 16 heavy (non-hydrogen) atoms. The quantitative estimate of drug-likeness (QED) is 0.885. The third kappa shape index (κ3) is 4.28. The molecule has 0 fully saturated rings. The van der Waals surface area contributed by atoms with Gasteiger partial charge in [0.15, 0.2) is 0 Å². The summed E-state index contributed by atoms with van der Waals surface area (Å²) in [6.45, 7) is 1.82. The van der Waals surface area contributed by atoms with Gasteiger partial charge in [-0.25, -0.2) is 4.39 Å². The van der Waals surface area contributed by atoms with Crippen molar-refractivity contribution in [2.75, 3.05) is 6.54 Å². The molecule has 1 aromatic carbocycles. The van der Waals surface area contributed by atoms with E-state index >= 15 is 0 Å². The Morgan fingerprint density at radius 1 is 1.62 bits per heavy atom. The van der Waals surface area contributed by atoms with E-state index in [9.17, 15) is 9.18 Å². The fourth-order valence-corrected chi connectivity index (χ4v) is 1.59. The lowest BCUT2D eigenvalue weighted by Crippen LogP contribution is -2.31. The number of nitrogens with one attached hydrogen (secondary N) is 1. The van der Waals surface area contributed by atoms with Gasteiger partial charge in [0.2, 0.25) is 5.91 Å². The molecular formula is C11H13BrFNO2. The van der Waals surface area contributed by atoms with Gasteiger partial charge in [-0.15, -0.1) is 0 Å². The Bertz CT molecular complexity index is 382. The van der Waals surface area contributed by atoms with Crippen LogP contribution < -0.4 is 5.32 Å². The number of rotatable bonds is 4. The van der Waals surface area contributed by atoms with Crippen LogP contribution in [0, 0.1) is 5.82 Å². The zero-order chi connectivity index (χ0) is 12.1. The van der Waals surface area contributed by atoms with Crippen LogP contribution in [-0.2, 0) is 11.2 Å². The zero-order valence-electron chi connectivity index (χ0n) is 8.84. The van der Waals surface area contributed by atoms with E-state index < -0.39 is 6.10 Å². The molecule has 0 saturated carbocycles. The SMILES string of the molecule is CC(O)CNC(=O)Cc1ccc(F)c(Br)c1. The highest BCUT2D eigenvalue weighted by Gasteiger charge is 2.06. The van der Waals surface area contributed by atoms with Crippen LogP contribution in [0.1, 0.15) is 12.5 Å². The molecule has 1 atom stereocenters. The van der Waals surface area contributed by atoms with Gasteiger partial charge in [-0.05, 0) is 40.5 Å². The summed E-state index contributed by atoms with van der Waals surface area (Å²) in [6, 6.07) is 4.43. The lowest BCUT2D eigenvalue weighted by Gasteiger charge is -2.07. The lowest BCUT2D eigenvalue weighted by atomic mass is 10.1. The standard InChI is InChI=1S/C11H13BrFNO2/c1-7(15)6-14-11(16)5-8-2-3-10(13)9(12)4-8/h2-4,7,15H,5-6H2,1H3,(H,14,16). The first-order valence-electron chi connectivity index (χ1n) is 4.87. The first-order valence-corrected chi connectivity index (χ1v) is 5.67. The lowest BCUT2D eigenvalue weighted by molar-refractivity contribution is -0.120. The minimum Gasteiger partial charge on any atom is -0.392 e. The summed E-state index contributed by atoms with van der Waals surface area (Å²) in [5.74, 6) is -0.549. The Balaban J connectivity index is 2.53. The van der Waals surface area contributed by atoms with E-state index in [-0.39, 0.29) is 24.7 Å². The molecule has 1 aromatic rings. The number of amides is 1. The smallest absolute Gasteiger partial charge is 0.224 e. The molecule has 0 heterocycles. The number of halogens is 2. The van der Waals surface area contributed by atoms with Gasteiger partial charge in [-0.1, -0.05) is 6.07 Å². The summed E-state index contributed by atoms with van der Waals surface area (Å²) in [6.07, 6.45) is -0.394. The number of aliphatic hydroxyl groups is 1. The predicted molar refractivity (Wildman–Crippen MR) is 62.5 cm³/mol. The number of carbonyl (C=O) groups excluding carboxylic acids is 1. The molecule has 0 aromatic heterocycles. The maximum absolute atomic E-state index is 12.9. The summed E-state index contributed by atoms with van der Waals surface area (Å²) in [7, 11) is 0. The van der Waals surface area contributed by atoms with E-state index in [1.54, 1.807) is 19.1 Å². The van der Waals surface area contributed by atoms with Crippen molar-refractivity contribution in [2.45, 2.75) is 19.4 Å². The van der Waals surface area contributed by atoms with E-state index in [2.05, 4.69) is 21.2 Å². The van der Waals surface area contributed by atoms with Crippen LogP contribution in [0.2, 0.25) is 0 Å². The first kappa shape index (κ1) is 13.1. The van der Waals surface area contributed by atoms with Gasteiger partial charge < -0.3 is 10.4 Å². The molecule has 0 radical (unpaired) electrons. The average molecular weight is 290 g/mol. The summed E-state index contributed by atoms with van der Waals surface area (Å²) < 4.78 is 13.3. The summed E-state index contributed by atoms with van der Waals surface area (Å²) in [5.41, 5.74) is 0.719. The molecule has 3 nitrogen and oxygen atoms in total. The fourth-order valence-electron chi connectivity index (χ4n) is 1.16. The number of benzene rings is 1. The topological polar surface area (TPSA) is 49.3 Å². The molecule has 0 bridgehead atoms. The molecule has 88 valence electrons. The highest BCUT2D eigenvalue weighted by Crippen LogP contribution is 2.16. The first-order chi connectivity index (χ1) is 7.49. The molecule has 1 amide bonds. The van der Waals surface area contributed by atoms with Crippen molar-refractivity contribution in [1.82, 2.24) is 5.32 Å². The van der Waals surface area contributed by atoms with Crippen LogP contribution in [0.4, 0.5) is 4.39 Å². The highest BCUT2D eigenvalue weighted by atomic mass is 79.9. The Labute approximate surface area is 102 Å². The van der Waals surface area contributed by atoms with Crippen molar-refractivity contribution >= 4 is 21.8 Å². The molecule has 1 rings (SSSR count). The third-order valence-electron chi connectivity index (χ3n) is 1.94. The maximum atomic E-state index is 12.9.